The van der Waals surface area contributed by atoms with Crippen LogP contribution in [0.1, 0.15) is 18.4 Å². The van der Waals surface area contributed by atoms with E-state index >= 15 is 0 Å². The van der Waals surface area contributed by atoms with Gasteiger partial charge in [0.2, 0.25) is 0 Å². The number of anilines is 1. The van der Waals surface area contributed by atoms with Gasteiger partial charge >= 0.3 is 0 Å². The lowest BCUT2D eigenvalue weighted by Crippen LogP contribution is -2.23. The monoisotopic (exact) mass is 252 g/mol. The van der Waals surface area contributed by atoms with E-state index in [1.54, 1.807) is 0 Å². The number of halogens is 1. The van der Waals surface area contributed by atoms with Gasteiger partial charge in [-0.25, -0.2) is 0 Å². The number of nitrogens with zero attached hydrogens (tertiary/aromatic N) is 1. The second-order valence-corrected chi connectivity index (χ2v) is 4.49. The number of benzene rings is 1. The summed E-state index contributed by atoms with van der Waals surface area (Å²) in [6, 6.07) is 6.25. The van der Waals surface area contributed by atoms with Gasteiger partial charge < -0.3 is 4.90 Å². The highest BCUT2D eigenvalue weighted by molar-refractivity contribution is 9.10. The molecular weight excluding hydrogens is 240 g/mol. The molecule has 1 aromatic carbocycles. The van der Waals surface area contributed by atoms with Crippen molar-refractivity contribution in [1.82, 2.24) is 0 Å². The summed E-state index contributed by atoms with van der Waals surface area (Å²) in [5.41, 5.74) is 2.37. The molecule has 1 aromatic rings. The number of hydrogen-bond donors (Lipinski definition) is 1. The van der Waals surface area contributed by atoms with Crippen molar-refractivity contribution in [2.75, 3.05) is 11.4 Å². The minimum atomic E-state index is 0.742. The van der Waals surface area contributed by atoms with Crippen LogP contribution in [-0.2, 0) is 0 Å². The third-order valence-corrected chi connectivity index (χ3v) is 3.46. The van der Waals surface area contributed by atoms with E-state index in [0.29, 0.717) is 0 Å². The lowest BCUT2D eigenvalue weighted by Gasteiger charge is -2.18. The summed E-state index contributed by atoms with van der Waals surface area (Å²) in [5.74, 6) is 0.742. The Morgan fingerprint density at radius 2 is 2.21 bits per heavy atom. The molecule has 0 amide bonds. The van der Waals surface area contributed by atoms with Crippen molar-refractivity contribution in [3.8, 4) is 0 Å². The van der Waals surface area contributed by atoms with E-state index < -0.39 is 0 Å². The summed E-state index contributed by atoms with van der Waals surface area (Å²) < 4.78 is 1.13. The molecule has 0 saturated carbocycles. The minimum absolute atomic E-state index is 0.742. The highest BCUT2D eigenvalue weighted by atomic mass is 79.9. The first-order valence-corrected chi connectivity index (χ1v) is 5.59. The van der Waals surface area contributed by atoms with Gasteiger partial charge in [0.15, 0.2) is 0 Å². The van der Waals surface area contributed by atoms with Crippen LogP contribution in [0.5, 0.6) is 0 Å². The average molecular weight is 253 g/mol. The molecule has 2 nitrogen and oxygen atoms in total. The molecule has 0 radical (unpaired) electrons. The molecule has 1 N–H and O–H groups in total. The number of amidine groups is 1. The molecule has 0 aromatic heterocycles. The normalized spacial score (nSPS) is 16.4. The summed E-state index contributed by atoms with van der Waals surface area (Å²) in [7, 11) is 0. The van der Waals surface area contributed by atoms with Crippen LogP contribution in [0.25, 0.3) is 0 Å². The zero-order valence-electron chi connectivity index (χ0n) is 8.18. The zero-order chi connectivity index (χ0) is 10.1. The summed E-state index contributed by atoms with van der Waals surface area (Å²) in [5, 5.41) is 7.78. The predicted octanol–water partition coefficient (Wildman–Crippen LogP) is 3.33. The molecule has 0 bridgehead atoms. The third-order valence-electron chi connectivity index (χ3n) is 2.57. The first-order valence-electron chi connectivity index (χ1n) is 4.79. The van der Waals surface area contributed by atoms with Crippen LogP contribution in [0.15, 0.2) is 22.7 Å². The molecule has 0 aliphatic carbocycles. The van der Waals surface area contributed by atoms with Crippen LogP contribution in [0.2, 0.25) is 0 Å². The topological polar surface area (TPSA) is 27.1 Å². The van der Waals surface area contributed by atoms with Gasteiger partial charge in [-0.1, -0.05) is 15.9 Å². The number of aryl methyl sites for hydroxylation is 1. The van der Waals surface area contributed by atoms with Gasteiger partial charge in [-0.2, -0.15) is 0 Å². The Morgan fingerprint density at radius 3 is 2.79 bits per heavy atom. The fourth-order valence-corrected chi connectivity index (χ4v) is 2.00. The SMILES string of the molecule is Cc1cc(N2CCCC2=N)ccc1Br. The number of nitrogens with one attached hydrogen (secondary N) is 1. The van der Waals surface area contributed by atoms with Crippen molar-refractivity contribution < 1.29 is 0 Å². The number of hydrogen-bond acceptors (Lipinski definition) is 1. The fourth-order valence-electron chi connectivity index (χ4n) is 1.76. The third kappa shape index (κ3) is 1.69. The van der Waals surface area contributed by atoms with E-state index in [-0.39, 0.29) is 0 Å². The Bertz CT molecular complexity index is 374. The molecule has 1 aliphatic rings. The zero-order valence-corrected chi connectivity index (χ0v) is 9.76. The molecule has 0 spiro atoms. The van der Waals surface area contributed by atoms with Crippen molar-refractivity contribution in [2.45, 2.75) is 19.8 Å². The highest BCUT2D eigenvalue weighted by Gasteiger charge is 2.18. The highest BCUT2D eigenvalue weighted by Crippen LogP contribution is 2.26. The van der Waals surface area contributed by atoms with Crippen LogP contribution < -0.4 is 4.90 Å². The number of rotatable bonds is 1. The van der Waals surface area contributed by atoms with Gasteiger partial charge in [-0.15, -0.1) is 0 Å². The van der Waals surface area contributed by atoms with E-state index in [4.69, 9.17) is 5.41 Å². The van der Waals surface area contributed by atoms with Crippen LogP contribution in [0.4, 0.5) is 5.69 Å². The lowest BCUT2D eigenvalue weighted by atomic mass is 10.2. The second-order valence-electron chi connectivity index (χ2n) is 3.64. The van der Waals surface area contributed by atoms with E-state index in [1.165, 1.54) is 5.56 Å². The van der Waals surface area contributed by atoms with Gasteiger partial charge in [0, 0.05) is 23.1 Å². The largest absolute Gasteiger partial charge is 0.330 e. The van der Waals surface area contributed by atoms with Crippen molar-refractivity contribution in [3.63, 3.8) is 0 Å². The van der Waals surface area contributed by atoms with Gasteiger partial charge in [-0.3, -0.25) is 5.41 Å². The van der Waals surface area contributed by atoms with Crippen molar-refractivity contribution in [1.29, 1.82) is 5.41 Å². The van der Waals surface area contributed by atoms with Crippen LogP contribution in [-0.4, -0.2) is 12.4 Å². The second kappa shape index (κ2) is 3.73. The molecule has 74 valence electrons. The maximum Gasteiger partial charge on any atom is 0.100 e. The molecule has 1 saturated heterocycles. The predicted molar refractivity (Wildman–Crippen MR) is 63.2 cm³/mol. The van der Waals surface area contributed by atoms with Crippen molar-refractivity contribution in [2.24, 2.45) is 0 Å². The molecule has 0 atom stereocenters. The van der Waals surface area contributed by atoms with E-state index in [9.17, 15) is 0 Å². The first kappa shape index (κ1) is 9.71. The quantitative estimate of drug-likeness (QED) is 0.816. The Morgan fingerprint density at radius 1 is 1.43 bits per heavy atom. The molecule has 14 heavy (non-hydrogen) atoms. The maximum atomic E-state index is 7.78. The summed E-state index contributed by atoms with van der Waals surface area (Å²) in [4.78, 5) is 2.08. The Labute approximate surface area is 92.6 Å². The van der Waals surface area contributed by atoms with Gasteiger partial charge in [0.05, 0.1) is 0 Å². The molecule has 1 fully saturated rings. The Balaban J connectivity index is 2.32. The maximum absolute atomic E-state index is 7.78. The molecule has 2 rings (SSSR count). The minimum Gasteiger partial charge on any atom is -0.330 e. The Kier molecular flexibility index (Phi) is 2.59. The van der Waals surface area contributed by atoms with Crippen molar-refractivity contribution >= 4 is 27.5 Å². The van der Waals surface area contributed by atoms with E-state index in [1.807, 2.05) is 0 Å². The Hall–Kier alpha value is -0.830. The summed E-state index contributed by atoms with van der Waals surface area (Å²) in [6.45, 7) is 3.06. The van der Waals surface area contributed by atoms with Crippen LogP contribution in [0, 0.1) is 12.3 Å². The molecule has 1 aliphatic heterocycles. The average Bonchev–Trinajstić information content (AvgIpc) is 2.57. The summed E-state index contributed by atoms with van der Waals surface area (Å²) in [6.07, 6.45) is 2.02. The van der Waals surface area contributed by atoms with Gasteiger partial charge in [-0.05, 0) is 37.1 Å². The molecular formula is C11H13BrN2. The van der Waals surface area contributed by atoms with Crippen LogP contribution >= 0.6 is 15.9 Å². The smallest absolute Gasteiger partial charge is 0.100 e. The van der Waals surface area contributed by atoms with Crippen molar-refractivity contribution in [3.05, 3.63) is 28.2 Å². The molecule has 0 unspecified atom stereocenters. The van der Waals surface area contributed by atoms with Gasteiger partial charge in [0.1, 0.15) is 5.84 Å². The first-order chi connectivity index (χ1) is 6.68. The molecule has 1 heterocycles. The lowest BCUT2D eigenvalue weighted by molar-refractivity contribution is 0.956. The van der Waals surface area contributed by atoms with E-state index in [2.05, 4.69) is 46.0 Å². The van der Waals surface area contributed by atoms with Crippen LogP contribution in [0.3, 0.4) is 0 Å². The van der Waals surface area contributed by atoms with E-state index in [0.717, 1.165) is 35.4 Å². The fraction of sp³-hybridized carbons (Fsp3) is 0.364. The van der Waals surface area contributed by atoms with Gasteiger partial charge in [0.25, 0.3) is 0 Å². The summed E-state index contributed by atoms with van der Waals surface area (Å²) >= 11 is 3.48. The standard InChI is InChI=1S/C11H13BrN2/c1-8-7-9(4-5-10(8)12)14-6-2-3-11(14)13/h4-5,7,13H,2-3,6H2,1H3. The molecule has 3 heteroatoms.